The molecule has 0 aliphatic carbocycles. The molecule has 164 valence electrons. The largest absolute Gasteiger partial charge is 0.481 e. The summed E-state index contributed by atoms with van der Waals surface area (Å²) in [6, 6.07) is -4.37. The van der Waals surface area contributed by atoms with Gasteiger partial charge in [-0.2, -0.15) is 0 Å². The number of hydrogen-bond donors (Lipinski definition) is 8. The number of carboxylic acids is 2. The zero-order valence-electron chi connectivity index (χ0n) is 15.6. The summed E-state index contributed by atoms with van der Waals surface area (Å²) in [7, 11) is 0. The molecule has 0 bridgehead atoms. The van der Waals surface area contributed by atoms with E-state index >= 15 is 0 Å². The summed E-state index contributed by atoms with van der Waals surface area (Å²) in [5.74, 6) is -6.52. The molecule has 10 N–H and O–H groups in total. The Morgan fingerprint density at radius 3 is 2.03 bits per heavy atom. The van der Waals surface area contributed by atoms with Crippen molar-refractivity contribution in [2.75, 3.05) is 6.54 Å². The van der Waals surface area contributed by atoms with Gasteiger partial charge in [0.25, 0.3) is 0 Å². The highest BCUT2D eigenvalue weighted by Crippen LogP contribution is 1.99. The normalized spacial score (nSPS) is 14.6. The average molecular weight is 419 g/mol. The standard InChI is InChI=1S/C15H25N5O9/c1-6(21)12(20-13(26)7(16)2-3-9(17)22)14(27)18-5-10(23)19-8(15(28)29)4-11(24)25/h6-8,12,21H,2-5,16H2,1H3,(H2,17,22)(H,18,27)(H,19,23)(H,20,26)(H,24,25)(H,28,29). The van der Waals surface area contributed by atoms with Crippen LogP contribution in [0, 0.1) is 0 Å². The highest BCUT2D eigenvalue weighted by Gasteiger charge is 2.29. The first-order valence-corrected chi connectivity index (χ1v) is 8.39. The Labute approximate surface area is 165 Å². The summed E-state index contributed by atoms with van der Waals surface area (Å²) < 4.78 is 0. The van der Waals surface area contributed by atoms with Crippen molar-refractivity contribution >= 4 is 35.6 Å². The minimum atomic E-state index is -1.70. The van der Waals surface area contributed by atoms with Crippen LogP contribution in [0.15, 0.2) is 0 Å². The third-order valence-corrected chi connectivity index (χ3v) is 3.54. The van der Waals surface area contributed by atoms with E-state index in [-0.39, 0.29) is 12.8 Å². The maximum atomic E-state index is 12.1. The Bertz CT molecular complexity index is 652. The molecule has 29 heavy (non-hydrogen) atoms. The maximum Gasteiger partial charge on any atom is 0.326 e. The summed E-state index contributed by atoms with van der Waals surface area (Å²) in [5, 5.41) is 33.3. The van der Waals surface area contributed by atoms with Crippen molar-refractivity contribution < 1.29 is 44.1 Å². The van der Waals surface area contributed by atoms with Crippen molar-refractivity contribution in [2.45, 2.75) is 50.4 Å². The van der Waals surface area contributed by atoms with E-state index in [2.05, 4.69) is 10.6 Å². The fourth-order valence-electron chi connectivity index (χ4n) is 1.99. The summed E-state index contributed by atoms with van der Waals surface area (Å²) in [4.78, 5) is 68.0. The van der Waals surface area contributed by atoms with Crippen molar-refractivity contribution in [1.29, 1.82) is 0 Å². The lowest BCUT2D eigenvalue weighted by Gasteiger charge is -2.22. The van der Waals surface area contributed by atoms with Crippen LogP contribution in [0.3, 0.4) is 0 Å². The molecular weight excluding hydrogens is 394 g/mol. The van der Waals surface area contributed by atoms with E-state index in [0.717, 1.165) is 0 Å². The zero-order chi connectivity index (χ0) is 22.7. The number of aliphatic carboxylic acids is 2. The molecule has 0 fully saturated rings. The molecule has 0 spiro atoms. The topological polar surface area (TPSA) is 251 Å². The van der Waals surface area contributed by atoms with Crippen LogP contribution in [-0.2, 0) is 28.8 Å². The van der Waals surface area contributed by atoms with E-state index in [1.807, 2.05) is 5.32 Å². The highest BCUT2D eigenvalue weighted by molar-refractivity contribution is 5.93. The van der Waals surface area contributed by atoms with Gasteiger partial charge < -0.3 is 42.7 Å². The van der Waals surface area contributed by atoms with Gasteiger partial charge in [-0.1, -0.05) is 0 Å². The predicted molar refractivity (Wildman–Crippen MR) is 94.8 cm³/mol. The van der Waals surface area contributed by atoms with Gasteiger partial charge in [-0.05, 0) is 13.3 Å². The molecule has 4 atom stereocenters. The summed E-state index contributed by atoms with van der Waals surface area (Å²) >= 11 is 0. The number of aliphatic hydroxyl groups excluding tert-OH is 1. The van der Waals surface area contributed by atoms with Crippen LogP contribution in [0.2, 0.25) is 0 Å². The third kappa shape index (κ3) is 10.6. The smallest absolute Gasteiger partial charge is 0.326 e. The number of primary amides is 1. The fraction of sp³-hybridized carbons (Fsp3) is 0.600. The third-order valence-electron chi connectivity index (χ3n) is 3.54. The van der Waals surface area contributed by atoms with Gasteiger partial charge in [0.2, 0.25) is 23.6 Å². The Hall–Kier alpha value is -3.26. The molecule has 4 amide bonds. The van der Waals surface area contributed by atoms with E-state index in [1.54, 1.807) is 0 Å². The number of amides is 4. The summed E-state index contributed by atoms with van der Waals surface area (Å²) in [6.07, 6.45) is -2.51. The van der Waals surface area contributed by atoms with E-state index in [4.69, 9.17) is 21.7 Å². The molecule has 0 radical (unpaired) electrons. The molecule has 0 saturated heterocycles. The fourth-order valence-corrected chi connectivity index (χ4v) is 1.99. The van der Waals surface area contributed by atoms with Gasteiger partial charge in [-0.15, -0.1) is 0 Å². The van der Waals surface area contributed by atoms with E-state index in [1.165, 1.54) is 6.92 Å². The van der Waals surface area contributed by atoms with Crippen LogP contribution < -0.4 is 27.4 Å². The number of carboxylic acid groups (broad SMARTS) is 2. The molecule has 0 heterocycles. The molecule has 0 saturated carbocycles. The molecule has 0 aliphatic rings. The number of carbonyl (C=O) groups is 6. The molecule has 14 nitrogen and oxygen atoms in total. The van der Waals surface area contributed by atoms with Crippen LogP contribution in [0.25, 0.3) is 0 Å². The first-order chi connectivity index (χ1) is 13.3. The van der Waals surface area contributed by atoms with Crippen molar-refractivity contribution in [1.82, 2.24) is 16.0 Å². The van der Waals surface area contributed by atoms with Gasteiger partial charge in [0.15, 0.2) is 0 Å². The van der Waals surface area contributed by atoms with Gasteiger partial charge in [0.05, 0.1) is 25.1 Å². The molecule has 0 aliphatic heterocycles. The number of nitrogens with two attached hydrogens (primary N) is 2. The summed E-state index contributed by atoms with van der Waals surface area (Å²) in [5.41, 5.74) is 10.5. The first-order valence-electron chi connectivity index (χ1n) is 8.39. The van der Waals surface area contributed by atoms with Crippen LogP contribution in [0.5, 0.6) is 0 Å². The minimum absolute atomic E-state index is 0.0854. The van der Waals surface area contributed by atoms with Crippen molar-refractivity contribution in [3.8, 4) is 0 Å². The number of rotatable bonds is 13. The second kappa shape index (κ2) is 12.2. The number of aliphatic hydroxyl groups is 1. The van der Waals surface area contributed by atoms with Gasteiger partial charge in [0, 0.05) is 6.42 Å². The van der Waals surface area contributed by atoms with Gasteiger partial charge in [-0.25, -0.2) is 4.79 Å². The second-order valence-corrected chi connectivity index (χ2v) is 6.11. The van der Waals surface area contributed by atoms with Gasteiger partial charge >= 0.3 is 11.9 Å². The highest BCUT2D eigenvalue weighted by atomic mass is 16.4. The Morgan fingerprint density at radius 2 is 1.59 bits per heavy atom. The molecule has 0 aromatic carbocycles. The van der Waals surface area contributed by atoms with Crippen LogP contribution in [0.4, 0.5) is 0 Å². The first kappa shape index (κ1) is 25.7. The second-order valence-electron chi connectivity index (χ2n) is 6.11. The van der Waals surface area contributed by atoms with Crippen LogP contribution in [-0.4, -0.2) is 81.7 Å². The molecule has 14 heteroatoms. The SMILES string of the molecule is CC(O)C(NC(=O)C(N)CCC(N)=O)C(=O)NCC(=O)NC(CC(=O)O)C(=O)O. The van der Waals surface area contributed by atoms with Crippen LogP contribution >= 0.6 is 0 Å². The summed E-state index contributed by atoms with van der Waals surface area (Å²) in [6.45, 7) is 0.446. The van der Waals surface area contributed by atoms with E-state index in [0.29, 0.717) is 0 Å². The van der Waals surface area contributed by atoms with E-state index in [9.17, 15) is 33.9 Å². The van der Waals surface area contributed by atoms with Crippen molar-refractivity contribution in [2.24, 2.45) is 11.5 Å². The van der Waals surface area contributed by atoms with Crippen molar-refractivity contribution in [3.05, 3.63) is 0 Å². The predicted octanol–water partition coefficient (Wildman–Crippen LogP) is -4.39. The quantitative estimate of drug-likeness (QED) is 0.142. The molecule has 0 rings (SSSR count). The number of nitrogens with one attached hydrogen (secondary N) is 3. The molecule has 0 aromatic rings. The van der Waals surface area contributed by atoms with Gasteiger partial charge in [0.1, 0.15) is 12.1 Å². The zero-order valence-corrected chi connectivity index (χ0v) is 15.6. The van der Waals surface area contributed by atoms with Gasteiger partial charge in [-0.3, -0.25) is 24.0 Å². The number of carbonyl (C=O) groups excluding carboxylic acids is 4. The Kier molecular flexibility index (Phi) is 10.9. The Balaban J connectivity index is 4.76. The molecular formula is C15H25N5O9. The minimum Gasteiger partial charge on any atom is -0.481 e. The monoisotopic (exact) mass is 419 g/mol. The lowest BCUT2D eigenvalue weighted by molar-refractivity contribution is -0.147. The van der Waals surface area contributed by atoms with Crippen LogP contribution in [0.1, 0.15) is 26.2 Å². The average Bonchev–Trinajstić information content (AvgIpc) is 2.60. The maximum absolute atomic E-state index is 12.1. The number of hydrogen-bond acceptors (Lipinski definition) is 8. The lowest BCUT2D eigenvalue weighted by atomic mass is 10.1. The molecule has 0 aromatic heterocycles. The Morgan fingerprint density at radius 1 is 1.00 bits per heavy atom. The molecule has 4 unspecified atom stereocenters. The lowest BCUT2D eigenvalue weighted by Crippen LogP contribution is -2.57. The van der Waals surface area contributed by atoms with Crippen molar-refractivity contribution in [3.63, 3.8) is 0 Å². The van der Waals surface area contributed by atoms with E-state index < -0.39 is 72.8 Å².